The van der Waals surface area contributed by atoms with Crippen LogP contribution in [0.5, 0.6) is 0 Å². The Morgan fingerprint density at radius 1 is 1.31 bits per heavy atom. The van der Waals surface area contributed by atoms with Gasteiger partial charge in [-0.1, -0.05) is 13.8 Å². The number of carbonyl (C=O) groups is 2. The van der Waals surface area contributed by atoms with Gasteiger partial charge in [-0.15, -0.1) is 0 Å². The summed E-state index contributed by atoms with van der Waals surface area (Å²) in [5.74, 6) is -0.277. The van der Waals surface area contributed by atoms with Crippen LogP contribution < -0.4 is 10.9 Å². The Balaban J connectivity index is 1.55. The van der Waals surface area contributed by atoms with E-state index >= 15 is 0 Å². The van der Waals surface area contributed by atoms with E-state index in [0.717, 1.165) is 25.1 Å². The molecular weight excluding hydrogens is 334 g/mol. The van der Waals surface area contributed by atoms with E-state index in [1.165, 1.54) is 18.9 Å². The second-order valence-electron chi connectivity index (χ2n) is 7.91. The molecule has 0 spiro atoms. The van der Waals surface area contributed by atoms with E-state index in [1.807, 2.05) is 18.7 Å². The van der Waals surface area contributed by atoms with Crippen molar-refractivity contribution in [2.75, 3.05) is 13.1 Å². The number of rotatable bonds is 8. The lowest BCUT2D eigenvalue weighted by atomic mass is 9.85. The highest BCUT2D eigenvalue weighted by Gasteiger charge is 2.37. The molecule has 26 heavy (non-hydrogen) atoms. The van der Waals surface area contributed by atoms with Crippen molar-refractivity contribution >= 4 is 11.9 Å². The van der Waals surface area contributed by atoms with Crippen molar-refractivity contribution in [3.63, 3.8) is 0 Å². The third-order valence-electron chi connectivity index (χ3n) is 5.24. The molecule has 3 rings (SSSR count). The van der Waals surface area contributed by atoms with E-state index in [4.69, 9.17) is 5.11 Å². The number of aromatic nitrogens is 1. The van der Waals surface area contributed by atoms with Gasteiger partial charge in [-0.05, 0) is 43.6 Å². The Kier molecular flexibility index (Phi) is 5.46. The van der Waals surface area contributed by atoms with Gasteiger partial charge in [-0.2, -0.15) is 0 Å². The van der Waals surface area contributed by atoms with Gasteiger partial charge in [0.25, 0.3) is 5.91 Å². The van der Waals surface area contributed by atoms with E-state index in [-0.39, 0.29) is 36.0 Å². The number of nitrogens with zero attached hydrogens (tertiary/aromatic N) is 1. The monoisotopic (exact) mass is 361 g/mol. The Labute approximate surface area is 152 Å². The molecule has 2 aliphatic rings. The number of nitrogens with one attached hydrogen (secondary N) is 2. The number of hydrogen-bond donors (Lipinski definition) is 3. The number of carboxylic acids is 1. The summed E-state index contributed by atoms with van der Waals surface area (Å²) in [6, 6.07) is 3.29. The molecule has 7 nitrogen and oxygen atoms in total. The van der Waals surface area contributed by atoms with Crippen molar-refractivity contribution in [3.05, 3.63) is 33.7 Å². The Hall–Kier alpha value is -2.15. The van der Waals surface area contributed by atoms with Crippen LogP contribution in [0.25, 0.3) is 0 Å². The van der Waals surface area contributed by atoms with Crippen LogP contribution in [0.2, 0.25) is 0 Å². The second kappa shape index (κ2) is 7.61. The zero-order valence-electron chi connectivity index (χ0n) is 15.3. The molecule has 0 unspecified atom stereocenters. The van der Waals surface area contributed by atoms with Gasteiger partial charge in [-0.3, -0.25) is 19.3 Å². The lowest BCUT2D eigenvalue weighted by molar-refractivity contribution is -0.139. The number of pyridine rings is 1. The summed E-state index contributed by atoms with van der Waals surface area (Å²) < 4.78 is 0. The molecule has 1 heterocycles. The fourth-order valence-corrected chi connectivity index (χ4v) is 3.43. The lowest BCUT2D eigenvalue weighted by Crippen LogP contribution is -2.55. The van der Waals surface area contributed by atoms with Crippen LogP contribution in [0.15, 0.2) is 16.9 Å². The van der Waals surface area contributed by atoms with Crippen molar-refractivity contribution in [2.24, 2.45) is 5.92 Å². The first-order valence-electron chi connectivity index (χ1n) is 9.32. The van der Waals surface area contributed by atoms with Crippen molar-refractivity contribution in [3.8, 4) is 0 Å². The molecule has 142 valence electrons. The summed E-state index contributed by atoms with van der Waals surface area (Å²) in [7, 11) is 0. The second-order valence-corrected chi connectivity index (χ2v) is 7.91. The average molecular weight is 361 g/mol. The van der Waals surface area contributed by atoms with E-state index in [9.17, 15) is 14.4 Å². The number of aliphatic carboxylic acids is 1. The zero-order valence-corrected chi connectivity index (χ0v) is 15.3. The normalized spacial score (nSPS) is 22.3. The SMILES string of the molecule is CC(C)c1cc(C(=O)NC2CC(N(CC(=O)O)CC3CC3)C2)cc(=O)[nH]1. The van der Waals surface area contributed by atoms with Crippen molar-refractivity contribution in [1.29, 1.82) is 0 Å². The van der Waals surface area contributed by atoms with Gasteiger partial charge < -0.3 is 15.4 Å². The van der Waals surface area contributed by atoms with Gasteiger partial charge in [0.2, 0.25) is 5.56 Å². The average Bonchev–Trinajstić information content (AvgIpc) is 3.32. The molecule has 0 atom stereocenters. The predicted molar refractivity (Wildman–Crippen MR) is 97.4 cm³/mol. The van der Waals surface area contributed by atoms with Gasteiger partial charge in [0, 0.05) is 36.0 Å². The van der Waals surface area contributed by atoms with Gasteiger partial charge in [0.05, 0.1) is 6.54 Å². The minimum Gasteiger partial charge on any atom is -0.480 e. The molecule has 3 N–H and O–H groups in total. The van der Waals surface area contributed by atoms with Crippen molar-refractivity contribution in [2.45, 2.75) is 57.5 Å². The van der Waals surface area contributed by atoms with Gasteiger partial charge >= 0.3 is 5.97 Å². The van der Waals surface area contributed by atoms with Gasteiger partial charge in [0.1, 0.15) is 0 Å². The molecule has 7 heteroatoms. The molecule has 0 radical (unpaired) electrons. The number of carboxylic acid groups (broad SMARTS) is 1. The van der Waals surface area contributed by atoms with E-state index in [1.54, 1.807) is 6.07 Å². The Morgan fingerprint density at radius 2 is 2.00 bits per heavy atom. The van der Waals surface area contributed by atoms with Crippen LogP contribution in [0, 0.1) is 5.92 Å². The fourth-order valence-electron chi connectivity index (χ4n) is 3.43. The maximum atomic E-state index is 12.4. The zero-order chi connectivity index (χ0) is 18.8. The summed E-state index contributed by atoms with van der Waals surface area (Å²) in [6.45, 7) is 4.82. The molecule has 0 bridgehead atoms. The third kappa shape index (κ3) is 4.72. The molecular formula is C19H27N3O4. The first-order chi connectivity index (χ1) is 12.3. The minimum absolute atomic E-state index is 0.0322. The Morgan fingerprint density at radius 3 is 2.58 bits per heavy atom. The van der Waals surface area contributed by atoms with Crippen molar-refractivity contribution in [1.82, 2.24) is 15.2 Å². The molecule has 0 aliphatic heterocycles. The van der Waals surface area contributed by atoms with Gasteiger partial charge in [0.15, 0.2) is 0 Å². The summed E-state index contributed by atoms with van der Waals surface area (Å²) in [5, 5.41) is 12.1. The maximum Gasteiger partial charge on any atom is 0.317 e. The highest BCUT2D eigenvalue weighted by Crippen LogP contribution is 2.33. The molecule has 1 aromatic rings. The molecule has 0 saturated heterocycles. The standard InChI is InChI=1S/C19H27N3O4/c1-11(2)16-5-13(6-17(23)21-16)19(26)20-14-7-15(8-14)22(10-18(24)25)9-12-3-4-12/h5-6,11-12,14-15H,3-4,7-10H2,1-2H3,(H,20,26)(H,21,23)(H,24,25). The topological polar surface area (TPSA) is 102 Å². The molecule has 2 saturated carbocycles. The molecule has 1 aromatic heterocycles. The van der Waals surface area contributed by atoms with Crippen LogP contribution in [-0.4, -0.2) is 52.0 Å². The van der Waals surface area contributed by atoms with E-state index < -0.39 is 5.97 Å². The summed E-state index contributed by atoms with van der Waals surface area (Å²) >= 11 is 0. The van der Waals surface area contributed by atoms with E-state index in [0.29, 0.717) is 11.5 Å². The van der Waals surface area contributed by atoms with Crippen molar-refractivity contribution < 1.29 is 14.7 Å². The fraction of sp³-hybridized carbons (Fsp3) is 0.632. The first-order valence-corrected chi connectivity index (χ1v) is 9.32. The van der Waals surface area contributed by atoms with Crippen LogP contribution >= 0.6 is 0 Å². The quantitative estimate of drug-likeness (QED) is 0.652. The largest absolute Gasteiger partial charge is 0.480 e. The molecule has 2 fully saturated rings. The summed E-state index contributed by atoms with van der Waals surface area (Å²) in [6.07, 6.45) is 3.88. The van der Waals surface area contributed by atoms with Crippen LogP contribution in [0.4, 0.5) is 0 Å². The maximum absolute atomic E-state index is 12.4. The molecule has 0 aromatic carbocycles. The van der Waals surface area contributed by atoms with Crippen LogP contribution in [-0.2, 0) is 4.79 Å². The third-order valence-corrected chi connectivity index (χ3v) is 5.24. The van der Waals surface area contributed by atoms with Gasteiger partial charge in [-0.25, -0.2) is 0 Å². The number of aromatic amines is 1. The predicted octanol–water partition coefficient (Wildman–Crippen LogP) is 1.56. The lowest BCUT2D eigenvalue weighted by Gasteiger charge is -2.42. The Bertz CT molecular complexity index is 733. The van der Waals surface area contributed by atoms with Crippen LogP contribution in [0.1, 0.15) is 61.5 Å². The molecule has 1 amide bonds. The summed E-state index contributed by atoms with van der Waals surface area (Å²) in [5.41, 5.74) is 0.845. The van der Waals surface area contributed by atoms with Crippen LogP contribution in [0.3, 0.4) is 0 Å². The minimum atomic E-state index is -0.803. The van der Waals surface area contributed by atoms with E-state index in [2.05, 4.69) is 10.3 Å². The highest BCUT2D eigenvalue weighted by molar-refractivity contribution is 5.94. The smallest absolute Gasteiger partial charge is 0.317 e. The highest BCUT2D eigenvalue weighted by atomic mass is 16.4. The first kappa shape index (κ1) is 18.6. The molecule has 2 aliphatic carbocycles. The number of carbonyl (C=O) groups excluding carboxylic acids is 1. The number of amides is 1. The summed E-state index contributed by atoms with van der Waals surface area (Å²) in [4.78, 5) is 40.0. The number of hydrogen-bond acceptors (Lipinski definition) is 4. The number of H-pyrrole nitrogens is 1.